The van der Waals surface area contributed by atoms with Gasteiger partial charge in [0.25, 0.3) is 5.91 Å². The zero-order valence-corrected chi connectivity index (χ0v) is 12.5. The van der Waals surface area contributed by atoms with E-state index in [-0.39, 0.29) is 12.5 Å². The van der Waals surface area contributed by atoms with Gasteiger partial charge in [0.1, 0.15) is 11.2 Å². The van der Waals surface area contributed by atoms with Crippen molar-refractivity contribution in [2.24, 2.45) is 0 Å². The van der Waals surface area contributed by atoms with Gasteiger partial charge < -0.3 is 9.64 Å². The van der Waals surface area contributed by atoms with Crippen LogP contribution in [0.4, 0.5) is 0 Å². The van der Waals surface area contributed by atoms with Crippen LogP contribution in [-0.2, 0) is 4.79 Å². The number of hydrogen-bond donors (Lipinski definition) is 0. The first kappa shape index (κ1) is 13.3. The van der Waals surface area contributed by atoms with Crippen LogP contribution in [0.25, 0.3) is 10.2 Å². The zero-order valence-electron chi connectivity index (χ0n) is 11.7. The van der Waals surface area contributed by atoms with Gasteiger partial charge in [-0.3, -0.25) is 4.79 Å². The third-order valence-electron chi connectivity index (χ3n) is 3.72. The Balaban J connectivity index is 1.79. The second-order valence-corrected chi connectivity index (χ2v) is 6.22. The van der Waals surface area contributed by atoms with E-state index in [2.05, 4.69) is 16.9 Å². The fraction of sp³-hybridized carbons (Fsp3) is 0.500. The summed E-state index contributed by atoms with van der Waals surface area (Å²) in [4.78, 5) is 24.4. The summed E-state index contributed by atoms with van der Waals surface area (Å²) >= 11 is 1.63. The Labute approximate surface area is 121 Å². The van der Waals surface area contributed by atoms with Crippen LogP contribution in [0.5, 0.6) is 5.88 Å². The number of rotatable bonds is 3. The van der Waals surface area contributed by atoms with E-state index in [9.17, 15) is 4.79 Å². The van der Waals surface area contributed by atoms with E-state index in [4.69, 9.17) is 4.74 Å². The van der Waals surface area contributed by atoms with Gasteiger partial charge in [0.15, 0.2) is 6.61 Å². The zero-order chi connectivity index (χ0) is 14.1. The highest BCUT2D eigenvalue weighted by atomic mass is 32.1. The molecule has 20 heavy (non-hydrogen) atoms. The summed E-state index contributed by atoms with van der Waals surface area (Å²) in [6.07, 6.45) is 3.67. The number of nitrogens with zero attached hydrogens (tertiary/aromatic N) is 3. The number of hydrogen-bond acceptors (Lipinski definition) is 5. The lowest BCUT2D eigenvalue weighted by Crippen LogP contribution is -2.32. The normalized spacial score (nSPS) is 15.0. The number of aromatic nitrogens is 2. The molecule has 3 rings (SSSR count). The summed E-state index contributed by atoms with van der Waals surface area (Å²) < 4.78 is 5.65. The van der Waals surface area contributed by atoms with Crippen molar-refractivity contribution in [3.05, 3.63) is 16.8 Å². The van der Waals surface area contributed by atoms with Crippen molar-refractivity contribution in [1.29, 1.82) is 0 Å². The molecule has 0 unspecified atom stereocenters. The highest BCUT2D eigenvalue weighted by molar-refractivity contribution is 7.18. The molecule has 2 aromatic heterocycles. The molecule has 0 bridgehead atoms. The lowest BCUT2D eigenvalue weighted by Gasteiger charge is -2.15. The second-order valence-electron chi connectivity index (χ2n) is 5.02. The van der Waals surface area contributed by atoms with Crippen LogP contribution >= 0.6 is 11.3 Å². The first-order valence-corrected chi connectivity index (χ1v) is 7.59. The van der Waals surface area contributed by atoms with Crippen molar-refractivity contribution in [3.8, 4) is 5.88 Å². The molecule has 0 spiro atoms. The predicted octanol–water partition coefficient (Wildman–Crippen LogP) is 2.31. The van der Waals surface area contributed by atoms with Crippen LogP contribution in [0.15, 0.2) is 6.33 Å². The standard InChI is InChI=1S/C14H17N3O2S/c1-9-10(2)20-14-12(9)13(15-8-16-14)19-7-11(18)17-5-3-4-6-17/h8H,3-7H2,1-2H3. The molecule has 1 amide bonds. The molecule has 6 heteroatoms. The molecule has 0 atom stereocenters. The minimum atomic E-state index is 0.0406. The molecular formula is C14H17N3O2S. The lowest BCUT2D eigenvalue weighted by molar-refractivity contribution is -0.132. The predicted molar refractivity (Wildman–Crippen MR) is 78.2 cm³/mol. The molecule has 3 heterocycles. The van der Waals surface area contributed by atoms with Gasteiger partial charge in [-0.25, -0.2) is 9.97 Å². The summed E-state index contributed by atoms with van der Waals surface area (Å²) in [5.41, 5.74) is 1.13. The molecule has 5 nitrogen and oxygen atoms in total. The smallest absolute Gasteiger partial charge is 0.260 e. The van der Waals surface area contributed by atoms with Crippen LogP contribution in [0.3, 0.4) is 0 Å². The first-order chi connectivity index (χ1) is 9.66. The molecular weight excluding hydrogens is 274 g/mol. The number of amides is 1. The van der Waals surface area contributed by atoms with Crippen molar-refractivity contribution in [1.82, 2.24) is 14.9 Å². The Morgan fingerprint density at radius 3 is 2.85 bits per heavy atom. The SMILES string of the molecule is Cc1sc2ncnc(OCC(=O)N3CCCC3)c2c1C. The van der Waals surface area contributed by atoms with Gasteiger partial charge in [0, 0.05) is 18.0 Å². The minimum Gasteiger partial charge on any atom is -0.467 e. The maximum absolute atomic E-state index is 12.0. The van der Waals surface area contributed by atoms with Crippen molar-refractivity contribution < 1.29 is 9.53 Å². The number of fused-ring (bicyclic) bond motifs is 1. The molecule has 0 radical (unpaired) electrons. The number of thiophene rings is 1. The van der Waals surface area contributed by atoms with Crippen LogP contribution in [-0.4, -0.2) is 40.5 Å². The van der Waals surface area contributed by atoms with Crippen molar-refractivity contribution in [3.63, 3.8) is 0 Å². The van der Waals surface area contributed by atoms with Crippen LogP contribution in [0, 0.1) is 13.8 Å². The Kier molecular flexibility index (Phi) is 3.56. The summed E-state index contributed by atoms with van der Waals surface area (Å²) in [6.45, 7) is 5.84. The molecule has 0 aromatic carbocycles. The van der Waals surface area contributed by atoms with Crippen molar-refractivity contribution >= 4 is 27.5 Å². The molecule has 2 aromatic rings. The van der Waals surface area contributed by atoms with Gasteiger partial charge in [-0.1, -0.05) is 0 Å². The van der Waals surface area contributed by atoms with Gasteiger partial charge in [-0.15, -0.1) is 11.3 Å². The number of carbonyl (C=O) groups is 1. The molecule has 1 fully saturated rings. The minimum absolute atomic E-state index is 0.0406. The molecule has 0 aliphatic carbocycles. The third kappa shape index (κ3) is 2.35. The maximum atomic E-state index is 12.0. The summed E-state index contributed by atoms with van der Waals surface area (Å²) in [5.74, 6) is 0.559. The van der Waals surface area contributed by atoms with E-state index in [1.807, 2.05) is 11.8 Å². The van der Waals surface area contributed by atoms with Gasteiger partial charge in [0.2, 0.25) is 5.88 Å². The van der Waals surface area contributed by atoms with E-state index < -0.39 is 0 Å². The Hall–Kier alpha value is -1.69. The van der Waals surface area contributed by atoms with Crippen LogP contribution < -0.4 is 4.74 Å². The Bertz CT molecular complexity index is 647. The fourth-order valence-electron chi connectivity index (χ4n) is 2.45. The molecule has 1 aliphatic rings. The Morgan fingerprint density at radius 2 is 2.10 bits per heavy atom. The molecule has 1 saturated heterocycles. The number of carbonyl (C=O) groups excluding carboxylic acids is 1. The number of likely N-dealkylation sites (tertiary alicyclic amines) is 1. The summed E-state index contributed by atoms with van der Waals surface area (Å²) in [5, 5.41) is 0.934. The summed E-state index contributed by atoms with van der Waals surface area (Å²) in [6, 6.07) is 0. The molecule has 106 valence electrons. The lowest BCUT2D eigenvalue weighted by atomic mass is 10.2. The van der Waals surface area contributed by atoms with Gasteiger partial charge in [0.05, 0.1) is 5.39 Å². The fourth-order valence-corrected chi connectivity index (χ4v) is 3.43. The van der Waals surface area contributed by atoms with Crippen molar-refractivity contribution in [2.75, 3.05) is 19.7 Å². The third-order valence-corrected chi connectivity index (χ3v) is 4.84. The monoisotopic (exact) mass is 291 g/mol. The molecule has 0 saturated carbocycles. The highest BCUT2D eigenvalue weighted by Crippen LogP contribution is 2.33. The van der Waals surface area contributed by atoms with E-state index in [0.29, 0.717) is 5.88 Å². The average Bonchev–Trinajstić information content (AvgIpc) is 3.06. The first-order valence-electron chi connectivity index (χ1n) is 6.78. The number of ether oxygens (including phenoxy) is 1. The van der Waals surface area contributed by atoms with Crippen LogP contribution in [0.2, 0.25) is 0 Å². The van der Waals surface area contributed by atoms with Gasteiger partial charge >= 0.3 is 0 Å². The largest absolute Gasteiger partial charge is 0.467 e. The van der Waals surface area contributed by atoms with Gasteiger partial charge in [-0.05, 0) is 32.3 Å². The second kappa shape index (κ2) is 5.36. The average molecular weight is 291 g/mol. The summed E-state index contributed by atoms with van der Waals surface area (Å²) in [7, 11) is 0. The number of aryl methyl sites for hydroxylation is 2. The maximum Gasteiger partial charge on any atom is 0.260 e. The van der Waals surface area contributed by atoms with Gasteiger partial charge in [-0.2, -0.15) is 0 Å². The van der Waals surface area contributed by atoms with E-state index in [1.54, 1.807) is 11.3 Å². The Morgan fingerprint density at radius 1 is 1.35 bits per heavy atom. The highest BCUT2D eigenvalue weighted by Gasteiger charge is 2.19. The van der Waals surface area contributed by atoms with E-state index in [1.165, 1.54) is 11.2 Å². The molecule has 0 N–H and O–H groups in total. The van der Waals surface area contributed by atoms with Crippen LogP contribution in [0.1, 0.15) is 23.3 Å². The molecule has 1 aliphatic heterocycles. The quantitative estimate of drug-likeness (QED) is 0.871. The van der Waals surface area contributed by atoms with E-state index in [0.717, 1.165) is 41.7 Å². The topological polar surface area (TPSA) is 55.3 Å². The van der Waals surface area contributed by atoms with Crippen molar-refractivity contribution in [2.45, 2.75) is 26.7 Å². The van der Waals surface area contributed by atoms with E-state index >= 15 is 0 Å².